The second-order valence-electron chi connectivity index (χ2n) is 3.37. The molecule has 0 bridgehead atoms. The van der Waals surface area contributed by atoms with Gasteiger partial charge in [-0.1, -0.05) is 6.07 Å². The van der Waals surface area contributed by atoms with Crippen molar-refractivity contribution in [3.05, 3.63) is 29.3 Å². The van der Waals surface area contributed by atoms with E-state index in [0.717, 1.165) is 18.5 Å². The highest BCUT2D eigenvalue weighted by molar-refractivity contribution is 5.47. The van der Waals surface area contributed by atoms with Crippen LogP contribution in [-0.4, -0.2) is 7.11 Å². The third-order valence-electron chi connectivity index (χ3n) is 2.50. The number of rotatable bonds is 2. The fourth-order valence-corrected chi connectivity index (χ4v) is 1.90. The van der Waals surface area contributed by atoms with Crippen molar-refractivity contribution in [1.29, 1.82) is 0 Å². The second-order valence-corrected chi connectivity index (χ2v) is 3.37. The summed E-state index contributed by atoms with van der Waals surface area (Å²) in [5, 5.41) is 0. The average Bonchev–Trinajstić information content (AvgIpc) is 2.49. The van der Waals surface area contributed by atoms with Crippen LogP contribution in [0.1, 0.15) is 23.6 Å². The van der Waals surface area contributed by atoms with Crippen LogP contribution >= 0.6 is 0 Å². The minimum absolute atomic E-state index is 0.334. The number of anilines is 1. The van der Waals surface area contributed by atoms with E-state index in [1.807, 2.05) is 12.1 Å². The zero-order chi connectivity index (χ0) is 9.26. The Morgan fingerprint density at radius 3 is 3.15 bits per heavy atom. The third kappa shape index (κ3) is 1.53. The van der Waals surface area contributed by atoms with E-state index >= 15 is 0 Å². The number of nitrogen functional groups attached to an aromatic ring is 1. The van der Waals surface area contributed by atoms with E-state index in [1.54, 1.807) is 7.11 Å². The number of aryl methyl sites for hydroxylation is 1. The number of benzene rings is 1. The normalized spacial score (nSPS) is 20.2. The molecule has 1 aromatic carbocycles. The molecule has 1 aromatic rings. The van der Waals surface area contributed by atoms with Crippen LogP contribution in [0.15, 0.2) is 18.2 Å². The molecule has 3 nitrogen and oxygen atoms in total. The van der Waals surface area contributed by atoms with Gasteiger partial charge in [-0.3, -0.25) is 0 Å². The van der Waals surface area contributed by atoms with Crippen LogP contribution in [0.2, 0.25) is 0 Å². The Hall–Kier alpha value is -1.06. The van der Waals surface area contributed by atoms with Crippen LogP contribution in [0.3, 0.4) is 0 Å². The molecule has 1 unspecified atom stereocenters. The molecule has 3 N–H and O–H groups in total. The summed E-state index contributed by atoms with van der Waals surface area (Å²) in [5.74, 6) is 0. The number of nitrogens with one attached hydrogen (secondary N) is 1. The molecule has 1 aliphatic rings. The van der Waals surface area contributed by atoms with E-state index in [-0.39, 0.29) is 0 Å². The van der Waals surface area contributed by atoms with Crippen LogP contribution in [0.4, 0.5) is 5.69 Å². The van der Waals surface area contributed by atoms with Gasteiger partial charge in [0.05, 0.1) is 13.2 Å². The first-order chi connectivity index (χ1) is 6.31. The van der Waals surface area contributed by atoms with Crippen molar-refractivity contribution in [2.24, 2.45) is 0 Å². The molecule has 0 radical (unpaired) electrons. The topological polar surface area (TPSA) is 47.3 Å². The maximum atomic E-state index is 5.70. The van der Waals surface area contributed by atoms with Crippen LogP contribution in [-0.2, 0) is 11.3 Å². The van der Waals surface area contributed by atoms with Crippen LogP contribution in [0.25, 0.3) is 0 Å². The number of fused-ring (bicyclic) bond motifs is 1. The first-order valence-corrected chi connectivity index (χ1v) is 4.48. The summed E-state index contributed by atoms with van der Waals surface area (Å²) in [4.78, 5) is 4.93. The zero-order valence-corrected chi connectivity index (χ0v) is 7.71. The minimum atomic E-state index is 0.334. The molecule has 0 saturated heterocycles. The molecular formula is C10H14N2O. The van der Waals surface area contributed by atoms with Crippen molar-refractivity contribution in [2.45, 2.75) is 18.9 Å². The van der Waals surface area contributed by atoms with Gasteiger partial charge in [-0.05, 0) is 36.1 Å². The van der Waals surface area contributed by atoms with E-state index in [2.05, 4.69) is 11.5 Å². The van der Waals surface area contributed by atoms with Crippen LogP contribution < -0.4 is 11.2 Å². The quantitative estimate of drug-likeness (QED) is 0.531. The highest BCUT2D eigenvalue weighted by Crippen LogP contribution is 2.31. The Morgan fingerprint density at radius 2 is 2.38 bits per heavy atom. The van der Waals surface area contributed by atoms with E-state index in [4.69, 9.17) is 10.6 Å². The maximum absolute atomic E-state index is 5.70. The molecule has 70 valence electrons. The highest BCUT2D eigenvalue weighted by atomic mass is 16.6. The van der Waals surface area contributed by atoms with Crippen molar-refractivity contribution < 1.29 is 4.84 Å². The fourth-order valence-electron chi connectivity index (χ4n) is 1.90. The van der Waals surface area contributed by atoms with Gasteiger partial charge in [0.1, 0.15) is 0 Å². The number of hydrogen-bond donors (Lipinski definition) is 2. The predicted molar refractivity (Wildman–Crippen MR) is 52.1 cm³/mol. The maximum Gasteiger partial charge on any atom is 0.0577 e. The zero-order valence-electron chi connectivity index (χ0n) is 7.71. The largest absolute Gasteiger partial charge is 0.399 e. The van der Waals surface area contributed by atoms with Crippen LogP contribution in [0, 0.1) is 0 Å². The summed E-state index contributed by atoms with van der Waals surface area (Å²) in [5.41, 5.74) is 12.2. The smallest absolute Gasteiger partial charge is 0.0577 e. The lowest BCUT2D eigenvalue weighted by atomic mass is 10.1. The van der Waals surface area contributed by atoms with E-state index in [9.17, 15) is 0 Å². The molecule has 1 atom stereocenters. The van der Waals surface area contributed by atoms with Crippen molar-refractivity contribution in [3.8, 4) is 0 Å². The van der Waals surface area contributed by atoms with Crippen molar-refractivity contribution in [3.63, 3.8) is 0 Å². The first-order valence-electron chi connectivity index (χ1n) is 4.48. The summed E-state index contributed by atoms with van der Waals surface area (Å²) >= 11 is 0. The molecule has 0 spiro atoms. The van der Waals surface area contributed by atoms with Gasteiger partial charge in [0.2, 0.25) is 0 Å². The molecule has 1 aliphatic carbocycles. The summed E-state index contributed by atoms with van der Waals surface area (Å²) in [6.45, 7) is 0. The minimum Gasteiger partial charge on any atom is -0.399 e. The monoisotopic (exact) mass is 178 g/mol. The van der Waals surface area contributed by atoms with Crippen molar-refractivity contribution in [2.75, 3.05) is 12.8 Å². The molecule has 0 saturated carbocycles. The lowest BCUT2D eigenvalue weighted by molar-refractivity contribution is 0.0610. The second kappa shape index (κ2) is 3.36. The van der Waals surface area contributed by atoms with Gasteiger partial charge in [0, 0.05) is 5.69 Å². The molecule has 0 amide bonds. The van der Waals surface area contributed by atoms with E-state index < -0.39 is 0 Å². The molecule has 0 heterocycles. The SMILES string of the molecule is CONC1CCc2cc(N)ccc21. The van der Waals surface area contributed by atoms with Crippen molar-refractivity contribution in [1.82, 2.24) is 5.48 Å². The standard InChI is InChI=1S/C10H14N2O/c1-13-12-10-5-2-7-6-8(11)3-4-9(7)10/h3-4,6,10,12H,2,5,11H2,1H3. The van der Waals surface area contributed by atoms with Gasteiger partial charge in [0.25, 0.3) is 0 Å². The highest BCUT2D eigenvalue weighted by Gasteiger charge is 2.21. The summed E-state index contributed by atoms with van der Waals surface area (Å²) in [7, 11) is 1.65. The Morgan fingerprint density at radius 1 is 1.54 bits per heavy atom. The fraction of sp³-hybridized carbons (Fsp3) is 0.400. The lowest BCUT2D eigenvalue weighted by Gasteiger charge is -2.11. The third-order valence-corrected chi connectivity index (χ3v) is 2.50. The Labute approximate surface area is 77.8 Å². The first kappa shape index (κ1) is 8.53. The number of hydrogen-bond acceptors (Lipinski definition) is 3. The molecule has 13 heavy (non-hydrogen) atoms. The van der Waals surface area contributed by atoms with Crippen molar-refractivity contribution >= 4 is 5.69 Å². The van der Waals surface area contributed by atoms with Gasteiger partial charge in [-0.25, -0.2) is 0 Å². The number of nitrogens with two attached hydrogens (primary N) is 1. The number of hydroxylamine groups is 1. The molecule has 3 heteroatoms. The average molecular weight is 178 g/mol. The lowest BCUT2D eigenvalue weighted by Crippen LogP contribution is -2.17. The molecular weight excluding hydrogens is 164 g/mol. The molecule has 0 aromatic heterocycles. The van der Waals surface area contributed by atoms with Gasteiger partial charge >= 0.3 is 0 Å². The summed E-state index contributed by atoms with van der Waals surface area (Å²) in [6, 6.07) is 6.40. The molecule has 2 rings (SSSR count). The molecule has 0 fully saturated rings. The molecule has 0 aliphatic heterocycles. The van der Waals surface area contributed by atoms with Gasteiger partial charge in [0.15, 0.2) is 0 Å². The predicted octanol–water partition coefficient (Wildman–Crippen LogP) is 1.41. The van der Waals surface area contributed by atoms with E-state index in [1.165, 1.54) is 11.1 Å². The summed E-state index contributed by atoms with van der Waals surface area (Å²) in [6.07, 6.45) is 2.17. The van der Waals surface area contributed by atoms with Crippen LogP contribution in [0.5, 0.6) is 0 Å². The Balaban J connectivity index is 2.27. The van der Waals surface area contributed by atoms with E-state index in [0.29, 0.717) is 6.04 Å². The van der Waals surface area contributed by atoms with Gasteiger partial charge in [-0.2, -0.15) is 5.48 Å². The van der Waals surface area contributed by atoms with Gasteiger partial charge in [-0.15, -0.1) is 0 Å². The van der Waals surface area contributed by atoms with Gasteiger partial charge < -0.3 is 10.6 Å². The Kier molecular flexibility index (Phi) is 2.20. The summed E-state index contributed by atoms with van der Waals surface area (Å²) < 4.78 is 0. The Bertz CT molecular complexity index is 312.